The molecule has 0 saturated heterocycles. The Morgan fingerprint density at radius 1 is 1.22 bits per heavy atom. The Morgan fingerprint density at radius 3 is 2.69 bits per heavy atom. The first-order valence-electron chi connectivity index (χ1n) is 10.5. The van der Waals surface area contributed by atoms with Gasteiger partial charge in [0.2, 0.25) is 10.0 Å². The molecular weight excluding hydrogens is 428 g/mol. The normalized spacial score (nSPS) is 15.3. The third-order valence-corrected chi connectivity index (χ3v) is 7.28. The van der Waals surface area contributed by atoms with Crippen LogP contribution in [0.3, 0.4) is 0 Å². The van der Waals surface area contributed by atoms with Crippen LogP contribution in [0.25, 0.3) is 16.9 Å². The third kappa shape index (κ3) is 4.73. The zero-order valence-corrected chi connectivity index (χ0v) is 18.9. The molecule has 0 radical (unpaired) electrons. The van der Waals surface area contributed by atoms with Crippen molar-refractivity contribution in [3.8, 4) is 16.9 Å². The molecule has 32 heavy (non-hydrogen) atoms. The monoisotopic (exact) mass is 454 g/mol. The summed E-state index contributed by atoms with van der Waals surface area (Å²) in [6, 6.07) is 6.37. The lowest BCUT2D eigenvalue weighted by Gasteiger charge is -2.31. The molecule has 3 aromatic rings. The molecule has 2 aromatic heterocycles. The highest BCUT2D eigenvalue weighted by molar-refractivity contribution is 7.89. The van der Waals surface area contributed by atoms with Crippen molar-refractivity contribution in [1.82, 2.24) is 19.3 Å². The first kappa shape index (κ1) is 22.2. The minimum Gasteiger partial charge on any atom is -0.481 e. The van der Waals surface area contributed by atoms with Crippen LogP contribution in [-0.2, 0) is 27.7 Å². The largest absolute Gasteiger partial charge is 0.481 e. The Labute approximate surface area is 187 Å². The van der Waals surface area contributed by atoms with Crippen molar-refractivity contribution in [3.05, 3.63) is 60.3 Å². The van der Waals surface area contributed by atoms with E-state index in [4.69, 9.17) is 5.11 Å². The zero-order valence-electron chi connectivity index (χ0n) is 18.1. The van der Waals surface area contributed by atoms with Gasteiger partial charge in [-0.05, 0) is 60.1 Å². The highest BCUT2D eigenvalue weighted by Crippen LogP contribution is 2.38. The summed E-state index contributed by atoms with van der Waals surface area (Å²) in [6.45, 7) is 4.41. The maximum atomic E-state index is 12.3. The second-order valence-electron chi connectivity index (χ2n) is 8.87. The first-order valence-corrected chi connectivity index (χ1v) is 11.9. The topological polar surface area (TPSA) is 114 Å². The molecule has 0 bridgehead atoms. The van der Waals surface area contributed by atoms with Crippen molar-refractivity contribution in [2.45, 2.75) is 44.4 Å². The standard InChI is InChI=1S/C23H26N4O4S/c1-23(2)9-7-19-16(11-23)12-24-13-20(19)21-14-27(15-25-21)17-3-5-18(6-4-17)32(30,31)26-10-8-22(28)29/h3-6,12-15,26H,7-11H2,1-2H3,(H,28,29). The van der Waals surface area contributed by atoms with Crippen LogP contribution in [0.2, 0.25) is 0 Å². The summed E-state index contributed by atoms with van der Waals surface area (Å²) in [5.74, 6) is -1.06. The van der Waals surface area contributed by atoms with Crippen molar-refractivity contribution in [2.24, 2.45) is 5.41 Å². The van der Waals surface area contributed by atoms with Gasteiger partial charge in [-0.25, -0.2) is 18.1 Å². The zero-order chi connectivity index (χ0) is 22.9. The number of aliphatic carboxylic acids is 1. The Balaban J connectivity index is 1.55. The molecule has 0 saturated carbocycles. The average molecular weight is 455 g/mol. The van der Waals surface area contributed by atoms with E-state index in [0.29, 0.717) is 0 Å². The fraction of sp³-hybridized carbons (Fsp3) is 0.348. The van der Waals surface area contributed by atoms with Gasteiger partial charge >= 0.3 is 5.97 Å². The molecule has 0 spiro atoms. The summed E-state index contributed by atoms with van der Waals surface area (Å²) in [6.07, 6.45) is 10.3. The van der Waals surface area contributed by atoms with Crippen molar-refractivity contribution in [2.75, 3.05) is 6.54 Å². The summed E-state index contributed by atoms with van der Waals surface area (Å²) in [5, 5.41) is 8.67. The third-order valence-electron chi connectivity index (χ3n) is 5.80. The second-order valence-corrected chi connectivity index (χ2v) is 10.6. The van der Waals surface area contributed by atoms with E-state index < -0.39 is 16.0 Å². The fourth-order valence-electron chi connectivity index (χ4n) is 4.04. The highest BCUT2D eigenvalue weighted by Gasteiger charge is 2.27. The van der Waals surface area contributed by atoms with Crippen LogP contribution in [0.4, 0.5) is 0 Å². The van der Waals surface area contributed by atoms with Gasteiger partial charge in [-0.3, -0.25) is 9.78 Å². The van der Waals surface area contributed by atoms with Gasteiger partial charge in [0.1, 0.15) is 0 Å². The lowest BCUT2D eigenvalue weighted by Crippen LogP contribution is -2.26. The van der Waals surface area contributed by atoms with Crippen molar-refractivity contribution < 1.29 is 18.3 Å². The number of imidazole rings is 1. The molecule has 1 aromatic carbocycles. The van der Waals surface area contributed by atoms with E-state index >= 15 is 0 Å². The van der Waals surface area contributed by atoms with E-state index in [1.165, 1.54) is 23.3 Å². The van der Waals surface area contributed by atoms with E-state index in [9.17, 15) is 13.2 Å². The number of carbonyl (C=O) groups is 1. The van der Waals surface area contributed by atoms with Crippen molar-refractivity contribution >= 4 is 16.0 Å². The number of hydrogen-bond acceptors (Lipinski definition) is 5. The minimum absolute atomic E-state index is 0.0796. The molecule has 0 unspecified atom stereocenters. The Hall–Kier alpha value is -3.04. The van der Waals surface area contributed by atoms with Crippen LogP contribution >= 0.6 is 0 Å². The van der Waals surface area contributed by atoms with Gasteiger partial charge < -0.3 is 9.67 Å². The fourth-order valence-corrected chi connectivity index (χ4v) is 5.07. The molecule has 9 heteroatoms. The molecule has 0 aliphatic heterocycles. The Kier molecular flexibility index (Phi) is 5.87. The van der Waals surface area contributed by atoms with Gasteiger partial charge in [-0.2, -0.15) is 0 Å². The molecular formula is C23H26N4O4S. The Morgan fingerprint density at radius 2 is 1.97 bits per heavy atom. The summed E-state index contributed by atoms with van der Waals surface area (Å²) < 4.78 is 28.7. The number of nitrogens with zero attached hydrogens (tertiary/aromatic N) is 3. The smallest absolute Gasteiger partial charge is 0.304 e. The quantitative estimate of drug-likeness (QED) is 0.567. The summed E-state index contributed by atoms with van der Waals surface area (Å²) >= 11 is 0. The average Bonchev–Trinajstić information content (AvgIpc) is 3.22. The summed E-state index contributed by atoms with van der Waals surface area (Å²) in [5.41, 5.74) is 5.50. The van der Waals surface area contributed by atoms with E-state index in [-0.39, 0.29) is 23.3 Å². The van der Waals surface area contributed by atoms with Crippen LogP contribution in [0.1, 0.15) is 37.8 Å². The van der Waals surface area contributed by atoms with E-state index in [2.05, 4.69) is 28.5 Å². The van der Waals surface area contributed by atoms with Gasteiger partial charge in [-0.15, -0.1) is 0 Å². The van der Waals surface area contributed by atoms with E-state index in [0.717, 1.165) is 36.2 Å². The number of rotatable bonds is 7. The number of aromatic nitrogens is 3. The molecule has 0 amide bonds. The molecule has 0 fully saturated rings. The highest BCUT2D eigenvalue weighted by atomic mass is 32.2. The number of hydrogen-bond donors (Lipinski definition) is 2. The summed E-state index contributed by atoms with van der Waals surface area (Å²) in [4.78, 5) is 19.7. The van der Waals surface area contributed by atoms with Gasteiger partial charge in [0.15, 0.2) is 0 Å². The number of sulfonamides is 1. The minimum atomic E-state index is -3.76. The van der Waals surface area contributed by atoms with Gasteiger partial charge in [0.25, 0.3) is 0 Å². The molecule has 2 N–H and O–H groups in total. The number of nitrogens with one attached hydrogen (secondary N) is 1. The van der Waals surface area contributed by atoms with Crippen molar-refractivity contribution in [1.29, 1.82) is 0 Å². The van der Waals surface area contributed by atoms with Crippen LogP contribution < -0.4 is 4.72 Å². The number of fused-ring (bicyclic) bond motifs is 1. The first-order chi connectivity index (χ1) is 15.1. The number of carboxylic acid groups (broad SMARTS) is 1. The maximum absolute atomic E-state index is 12.3. The second kappa shape index (κ2) is 8.48. The lowest BCUT2D eigenvalue weighted by molar-refractivity contribution is -0.136. The van der Waals surface area contributed by atoms with Gasteiger partial charge in [0, 0.05) is 36.4 Å². The molecule has 1 aliphatic rings. The molecule has 1 aliphatic carbocycles. The molecule has 8 nitrogen and oxygen atoms in total. The van der Waals surface area contributed by atoms with Gasteiger partial charge in [-0.1, -0.05) is 13.8 Å². The lowest BCUT2D eigenvalue weighted by atomic mass is 9.74. The van der Waals surface area contributed by atoms with Crippen LogP contribution in [0, 0.1) is 5.41 Å². The molecule has 2 heterocycles. The summed E-state index contributed by atoms with van der Waals surface area (Å²) in [7, 11) is -3.76. The SMILES string of the molecule is CC1(C)CCc2c(cncc2-c2cn(-c3ccc(S(=O)(=O)NCCC(=O)O)cc3)cn2)C1. The van der Waals surface area contributed by atoms with Crippen molar-refractivity contribution in [3.63, 3.8) is 0 Å². The molecule has 0 atom stereocenters. The number of benzene rings is 1. The van der Waals surface area contributed by atoms with Crippen LogP contribution in [0.15, 0.2) is 54.1 Å². The maximum Gasteiger partial charge on any atom is 0.304 e. The van der Waals surface area contributed by atoms with E-state index in [1.807, 2.05) is 23.2 Å². The number of pyridine rings is 1. The Bertz CT molecular complexity index is 1250. The molecule has 4 rings (SSSR count). The van der Waals surface area contributed by atoms with Crippen LogP contribution in [-0.4, -0.2) is 40.6 Å². The number of carboxylic acids is 1. The van der Waals surface area contributed by atoms with Crippen LogP contribution in [0.5, 0.6) is 0 Å². The van der Waals surface area contributed by atoms with Gasteiger partial charge in [0.05, 0.1) is 23.3 Å². The molecule has 168 valence electrons. The predicted octanol–water partition coefficient (Wildman–Crippen LogP) is 3.20. The van der Waals surface area contributed by atoms with E-state index in [1.54, 1.807) is 18.5 Å². The predicted molar refractivity (Wildman–Crippen MR) is 120 cm³/mol.